The quantitative estimate of drug-likeness (QED) is 0.205. The monoisotopic (exact) mass is 483 g/mol. The molecular formula is C37H25N. The van der Waals surface area contributed by atoms with Gasteiger partial charge in [-0.1, -0.05) is 98.8 Å². The Hall–Kier alpha value is -4.62. The van der Waals surface area contributed by atoms with Crippen molar-refractivity contribution in [1.29, 1.82) is 0 Å². The average Bonchev–Trinajstić information content (AvgIpc) is 3.29. The summed E-state index contributed by atoms with van der Waals surface area (Å²) < 4.78 is 2.46. The highest BCUT2D eigenvalue weighted by Gasteiger charge is 2.34. The number of aromatic nitrogens is 1. The minimum absolute atomic E-state index is 0.0554. The molecule has 0 radical (unpaired) electrons. The third-order valence-electron chi connectivity index (χ3n) is 9.09. The molecule has 1 aliphatic rings. The van der Waals surface area contributed by atoms with Crippen molar-refractivity contribution in [1.82, 2.24) is 4.57 Å². The third-order valence-corrected chi connectivity index (χ3v) is 9.09. The highest BCUT2D eigenvalue weighted by molar-refractivity contribution is 6.34. The van der Waals surface area contributed by atoms with Gasteiger partial charge in [0.2, 0.25) is 0 Å². The Kier molecular flexibility index (Phi) is 3.67. The van der Waals surface area contributed by atoms with Gasteiger partial charge in [-0.25, -0.2) is 0 Å². The molecule has 9 rings (SSSR count). The van der Waals surface area contributed by atoms with Crippen molar-refractivity contribution in [3.05, 3.63) is 126 Å². The predicted molar refractivity (Wildman–Crippen MR) is 162 cm³/mol. The number of para-hydroxylation sites is 2. The van der Waals surface area contributed by atoms with Crippen LogP contribution in [-0.4, -0.2) is 4.57 Å². The minimum atomic E-state index is -0.0554. The molecule has 1 nitrogen and oxygen atoms in total. The molecule has 7 aromatic carbocycles. The summed E-state index contributed by atoms with van der Waals surface area (Å²) in [4.78, 5) is 0. The van der Waals surface area contributed by atoms with Gasteiger partial charge < -0.3 is 4.57 Å². The standard InChI is InChI=1S/C37H25N/c1-37(2)30-14-8-6-12-25(30)28-20-23-21-29-26-13-7-9-15-32(26)38(24-10-4-3-5-11-24)36(29)27-18-16-22-17-19-31(37)35(28)34(22)33(23)27/h3-21H,1-2H3. The van der Waals surface area contributed by atoms with E-state index < -0.39 is 0 Å². The van der Waals surface area contributed by atoms with E-state index in [-0.39, 0.29) is 5.41 Å². The van der Waals surface area contributed by atoms with Crippen LogP contribution in [0.15, 0.2) is 115 Å². The normalized spacial score (nSPS) is 14.3. The van der Waals surface area contributed by atoms with Crippen LogP contribution in [0.2, 0.25) is 0 Å². The molecule has 0 amide bonds. The molecule has 1 heterocycles. The van der Waals surface area contributed by atoms with Gasteiger partial charge in [0.1, 0.15) is 0 Å². The summed E-state index contributed by atoms with van der Waals surface area (Å²) in [6.07, 6.45) is 0. The van der Waals surface area contributed by atoms with Crippen molar-refractivity contribution in [2.45, 2.75) is 19.3 Å². The first-order valence-corrected chi connectivity index (χ1v) is 13.5. The fourth-order valence-electron chi connectivity index (χ4n) is 7.43. The first-order valence-electron chi connectivity index (χ1n) is 13.5. The van der Waals surface area contributed by atoms with E-state index in [1.54, 1.807) is 0 Å². The zero-order chi connectivity index (χ0) is 25.2. The van der Waals surface area contributed by atoms with Gasteiger partial charge in [-0.3, -0.25) is 0 Å². The molecule has 0 bridgehead atoms. The highest BCUT2D eigenvalue weighted by atomic mass is 15.0. The lowest BCUT2D eigenvalue weighted by Crippen LogP contribution is -2.23. The number of hydrogen-bond donors (Lipinski definition) is 0. The summed E-state index contributed by atoms with van der Waals surface area (Å²) >= 11 is 0. The first-order chi connectivity index (χ1) is 18.6. The molecule has 0 N–H and O–H groups in total. The third kappa shape index (κ3) is 2.33. The van der Waals surface area contributed by atoms with E-state index in [9.17, 15) is 0 Å². The van der Waals surface area contributed by atoms with E-state index in [1.807, 2.05) is 0 Å². The van der Waals surface area contributed by atoms with E-state index in [1.165, 1.54) is 82.1 Å². The molecule has 0 unspecified atom stereocenters. The zero-order valence-corrected chi connectivity index (χ0v) is 21.4. The number of nitrogens with zero attached hydrogens (tertiary/aromatic N) is 1. The van der Waals surface area contributed by atoms with Gasteiger partial charge in [0.05, 0.1) is 11.0 Å². The van der Waals surface area contributed by atoms with Gasteiger partial charge in [0.15, 0.2) is 0 Å². The van der Waals surface area contributed by atoms with Crippen LogP contribution in [0.5, 0.6) is 0 Å². The SMILES string of the molecule is CC1(C)c2ccccc2-c2cc3cc4c5ccccc5n(-c5ccccc5)c4c4ccc5ccc1c2c5c34. The molecular weight excluding hydrogens is 458 g/mol. The van der Waals surface area contributed by atoms with Crippen LogP contribution in [0.1, 0.15) is 25.0 Å². The van der Waals surface area contributed by atoms with Gasteiger partial charge in [-0.2, -0.15) is 0 Å². The molecule has 0 fully saturated rings. The summed E-state index contributed by atoms with van der Waals surface area (Å²) in [6, 6.07) is 43.0. The van der Waals surface area contributed by atoms with E-state index in [0.29, 0.717) is 0 Å². The second kappa shape index (κ2) is 6.82. The van der Waals surface area contributed by atoms with Crippen LogP contribution in [0.25, 0.3) is 70.9 Å². The number of benzene rings is 7. The molecule has 1 aromatic heterocycles. The van der Waals surface area contributed by atoms with Crippen molar-refractivity contribution < 1.29 is 0 Å². The van der Waals surface area contributed by atoms with Gasteiger partial charge in [0, 0.05) is 27.3 Å². The lowest BCUT2D eigenvalue weighted by Gasteiger charge is -2.36. The largest absolute Gasteiger partial charge is 0.309 e. The van der Waals surface area contributed by atoms with Crippen LogP contribution in [0, 0.1) is 0 Å². The Morgan fingerprint density at radius 2 is 1.26 bits per heavy atom. The predicted octanol–water partition coefficient (Wildman–Crippen LogP) is 9.99. The van der Waals surface area contributed by atoms with Crippen molar-refractivity contribution in [2.75, 3.05) is 0 Å². The van der Waals surface area contributed by atoms with Crippen molar-refractivity contribution in [3.8, 4) is 16.8 Å². The summed E-state index contributed by atoms with van der Waals surface area (Å²) in [6.45, 7) is 4.76. The van der Waals surface area contributed by atoms with Crippen molar-refractivity contribution >= 4 is 54.1 Å². The lowest BCUT2D eigenvalue weighted by molar-refractivity contribution is 0.645. The Morgan fingerprint density at radius 3 is 2.16 bits per heavy atom. The molecule has 8 aromatic rings. The summed E-state index contributed by atoms with van der Waals surface area (Å²) in [5, 5.41) is 10.8. The zero-order valence-electron chi connectivity index (χ0n) is 21.4. The molecule has 1 heteroatoms. The number of hydrogen-bond acceptors (Lipinski definition) is 0. The van der Waals surface area contributed by atoms with Crippen LogP contribution in [0.4, 0.5) is 0 Å². The van der Waals surface area contributed by atoms with Gasteiger partial charge in [0.25, 0.3) is 0 Å². The Labute approximate surface area is 220 Å². The van der Waals surface area contributed by atoms with Gasteiger partial charge in [-0.15, -0.1) is 0 Å². The molecule has 1 aliphatic carbocycles. The maximum atomic E-state index is 2.47. The maximum Gasteiger partial charge on any atom is 0.0620 e. The average molecular weight is 484 g/mol. The molecule has 178 valence electrons. The van der Waals surface area contributed by atoms with E-state index in [2.05, 4.69) is 134 Å². The first kappa shape index (κ1) is 20.4. The molecule has 0 atom stereocenters. The van der Waals surface area contributed by atoms with E-state index >= 15 is 0 Å². The topological polar surface area (TPSA) is 4.93 Å². The summed E-state index contributed by atoms with van der Waals surface area (Å²) in [5.41, 5.74) is 9.26. The van der Waals surface area contributed by atoms with Crippen molar-refractivity contribution in [2.24, 2.45) is 0 Å². The van der Waals surface area contributed by atoms with Gasteiger partial charge >= 0.3 is 0 Å². The minimum Gasteiger partial charge on any atom is -0.309 e. The number of rotatable bonds is 1. The molecule has 0 saturated heterocycles. The fourth-order valence-corrected chi connectivity index (χ4v) is 7.43. The number of fused-ring (bicyclic) bond motifs is 6. The second-order valence-corrected chi connectivity index (χ2v) is 11.4. The smallest absolute Gasteiger partial charge is 0.0620 e. The summed E-state index contributed by atoms with van der Waals surface area (Å²) in [5.74, 6) is 0. The van der Waals surface area contributed by atoms with Crippen LogP contribution in [0.3, 0.4) is 0 Å². The highest BCUT2D eigenvalue weighted by Crippen LogP contribution is 2.53. The van der Waals surface area contributed by atoms with Crippen LogP contribution in [-0.2, 0) is 5.41 Å². The van der Waals surface area contributed by atoms with E-state index in [4.69, 9.17) is 0 Å². The summed E-state index contributed by atoms with van der Waals surface area (Å²) in [7, 11) is 0. The van der Waals surface area contributed by atoms with E-state index in [0.717, 1.165) is 0 Å². The Balaban J connectivity index is 1.57. The molecule has 0 spiro atoms. The van der Waals surface area contributed by atoms with Crippen LogP contribution >= 0.6 is 0 Å². The van der Waals surface area contributed by atoms with Crippen LogP contribution < -0.4 is 0 Å². The maximum absolute atomic E-state index is 2.47. The second-order valence-electron chi connectivity index (χ2n) is 11.4. The molecule has 38 heavy (non-hydrogen) atoms. The van der Waals surface area contributed by atoms with Gasteiger partial charge in [-0.05, 0) is 79.5 Å². The molecule has 0 saturated carbocycles. The molecule has 0 aliphatic heterocycles. The Morgan fingerprint density at radius 1 is 0.500 bits per heavy atom. The Bertz CT molecular complexity index is 2250. The lowest BCUT2D eigenvalue weighted by atomic mass is 9.67. The fraction of sp³-hybridized carbons (Fsp3) is 0.0811. The van der Waals surface area contributed by atoms with Crippen molar-refractivity contribution in [3.63, 3.8) is 0 Å².